The molecule has 20 heavy (non-hydrogen) atoms. The number of nitrogens with one attached hydrogen (secondary N) is 3. The molecule has 7 nitrogen and oxygen atoms in total. The van der Waals surface area contributed by atoms with Crippen LogP contribution in [0.15, 0.2) is 10.9 Å². The average molecular weight is 278 g/mol. The Labute approximate surface area is 116 Å². The predicted molar refractivity (Wildman–Crippen MR) is 72.3 cm³/mol. The van der Waals surface area contributed by atoms with Crippen LogP contribution in [0, 0.1) is 5.92 Å². The fourth-order valence-electron chi connectivity index (χ4n) is 2.14. The fraction of sp³-hybridized carbons (Fsp3) is 0.538. The quantitative estimate of drug-likeness (QED) is 0.696. The molecule has 0 aromatic carbocycles. The van der Waals surface area contributed by atoms with Crippen LogP contribution in [0.25, 0.3) is 0 Å². The van der Waals surface area contributed by atoms with Crippen molar-refractivity contribution in [2.24, 2.45) is 5.92 Å². The monoisotopic (exact) mass is 278 g/mol. The van der Waals surface area contributed by atoms with Gasteiger partial charge in [-0.3, -0.25) is 9.59 Å². The maximum absolute atomic E-state index is 12.0. The number of amides is 2. The van der Waals surface area contributed by atoms with Crippen LogP contribution in [-0.2, 0) is 11.2 Å². The van der Waals surface area contributed by atoms with Crippen molar-refractivity contribution in [3.05, 3.63) is 27.9 Å². The van der Waals surface area contributed by atoms with E-state index < -0.39 is 17.6 Å². The Morgan fingerprint density at radius 1 is 1.50 bits per heavy atom. The van der Waals surface area contributed by atoms with Crippen molar-refractivity contribution >= 4 is 11.8 Å². The summed E-state index contributed by atoms with van der Waals surface area (Å²) in [5.41, 5.74) is 0.161. The molecule has 1 aromatic heterocycles. The first-order valence-electron chi connectivity index (χ1n) is 6.64. The van der Waals surface area contributed by atoms with Gasteiger partial charge in [0.15, 0.2) is 0 Å². The van der Waals surface area contributed by atoms with Gasteiger partial charge in [0.2, 0.25) is 5.91 Å². The van der Waals surface area contributed by atoms with Crippen molar-refractivity contribution in [3.8, 4) is 0 Å². The fourth-order valence-corrected chi connectivity index (χ4v) is 2.14. The lowest BCUT2D eigenvalue weighted by Crippen LogP contribution is -2.41. The number of hydrogen-bond acceptors (Lipinski definition) is 4. The van der Waals surface area contributed by atoms with Gasteiger partial charge in [0.1, 0.15) is 11.7 Å². The van der Waals surface area contributed by atoms with Crippen molar-refractivity contribution < 1.29 is 9.59 Å². The highest BCUT2D eigenvalue weighted by atomic mass is 16.2. The number of aromatic amines is 1. The normalized spacial score (nSPS) is 18.1. The molecule has 0 saturated carbocycles. The smallest absolute Gasteiger partial charge is 0.345 e. The molecule has 0 radical (unpaired) electrons. The number of carbonyl (C=O) groups excluding carboxylic acids is 2. The summed E-state index contributed by atoms with van der Waals surface area (Å²) in [4.78, 5) is 41.2. The van der Waals surface area contributed by atoms with E-state index in [0.29, 0.717) is 31.0 Å². The number of aromatic nitrogens is 2. The second kappa shape index (κ2) is 5.85. The summed E-state index contributed by atoms with van der Waals surface area (Å²) in [6, 6.07) is 1.01. The molecule has 2 heterocycles. The molecule has 1 atom stereocenters. The van der Waals surface area contributed by atoms with E-state index >= 15 is 0 Å². The summed E-state index contributed by atoms with van der Waals surface area (Å²) in [6.45, 7) is 4.58. The number of hydrogen-bond donors (Lipinski definition) is 3. The molecule has 3 N–H and O–H groups in total. The van der Waals surface area contributed by atoms with E-state index in [9.17, 15) is 14.4 Å². The molecular weight excluding hydrogens is 260 g/mol. The van der Waals surface area contributed by atoms with Crippen molar-refractivity contribution in [1.29, 1.82) is 0 Å². The summed E-state index contributed by atoms with van der Waals surface area (Å²) in [5.74, 6) is -0.349. The first-order chi connectivity index (χ1) is 9.45. The lowest BCUT2D eigenvalue weighted by molar-refractivity contribution is -0.120. The third kappa shape index (κ3) is 3.43. The minimum absolute atomic E-state index is 0.0455. The number of nitrogens with zero attached hydrogens (tertiary/aromatic N) is 1. The molecule has 0 bridgehead atoms. The molecule has 108 valence electrons. The molecular formula is C13H18N4O3. The van der Waals surface area contributed by atoms with Gasteiger partial charge in [0.25, 0.3) is 5.91 Å². The molecule has 0 spiro atoms. The van der Waals surface area contributed by atoms with E-state index in [-0.39, 0.29) is 11.6 Å². The van der Waals surface area contributed by atoms with E-state index in [1.807, 2.05) is 13.8 Å². The lowest BCUT2D eigenvalue weighted by Gasteiger charge is -2.10. The standard InChI is InChI=1S/C13H18N4O3/c1-7(2)5-8-6-10(17-13(20)15-8)12(19)16-9-3-4-14-11(9)18/h6-7,9H,3-5H2,1-2H3,(H,14,18)(H,16,19)(H,15,17,20). The van der Waals surface area contributed by atoms with E-state index in [0.717, 1.165) is 0 Å². The van der Waals surface area contributed by atoms with Crippen LogP contribution in [0.5, 0.6) is 0 Å². The summed E-state index contributed by atoms with van der Waals surface area (Å²) >= 11 is 0. The Morgan fingerprint density at radius 3 is 2.85 bits per heavy atom. The zero-order valence-corrected chi connectivity index (χ0v) is 11.5. The summed E-state index contributed by atoms with van der Waals surface area (Å²) in [7, 11) is 0. The van der Waals surface area contributed by atoms with E-state index in [1.54, 1.807) is 6.07 Å². The number of H-pyrrole nitrogens is 1. The lowest BCUT2D eigenvalue weighted by atomic mass is 10.1. The van der Waals surface area contributed by atoms with Crippen molar-refractivity contribution in [2.45, 2.75) is 32.7 Å². The van der Waals surface area contributed by atoms with Crippen LogP contribution >= 0.6 is 0 Å². The van der Waals surface area contributed by atoms with Crippen molar-refractivity contribution in [3.63, 3.8) is 0 Å². The molecule has 1 aromatic rings. The van der Waals surface area contributed by atoms with Crippen molar-refractivity contribution in [1.82, 2.24) is 20.6 Å². The molecule has 0 aliphatic carbocycles. The van der Waals surface area contributed by atoms with Gasteiger partial charge in [-0.1, -0.05) is 13.8 Å². The van der Waals surface area contributed by atoms with Gasteiger partial charge < -0.3 is 15.6 Å². The zero-order chi connectivity index (χ0) is 14.7. The first-order valence-corrected chi connectivity index (χ1v) is 6.64. The predicted octanol–water partition coefficient (Wildman–Crippen LogP) is -0.413. The van der Waals surface area contributed by atoms with Gasteiger partial charge in [0, 0.05) is 12.2 Å². The molecule has 7 heteroatoms. The largest absolute Gasteiger partial charge is 0.354 e. The van der Waals surface area contributed by atoms with Gasteiger partial charge in [-0.25, -0.2) is 4.79 Å². The van der Waals surface area contributed by atoms with Crippen LogP contribution in [0.4, 0.5) is 0 Å². The Balaban J connectivity index is 2.14. The molecule has 1 fully saturated rings. The minimum Gasteiger partial charge on any atom is -0.354 e. The second-order valence-corrected chi connectivity index (χ2v) is 5.30. The van der Waals surface area contributed by atoms with Gasteiger partial charge >= 0.3 is 5.69 Å². The van der Waals surface area contributed by atoms with Crippen LogP contribution < -0.4 is 16.3 Å². The van der Waals surface area contributed by atoms with Crippen LogP contribution in [0.3, 0.4) is 0 Å². The molecule has 1 aliphatic heterocycles. The Morgan fingerprint density at radius 2 is 2.25 bits per heavy atom. The summed E-state index contributed by atoms with van der Waals surface area (Å²) in [6.07, 6.45) is 1.20. The van der Waals surface area contributed by atoms with Gasteiger partial charge in [-0.05, 0) is 24.8 Å². The Kier molecular flexibility index (Phi) is 4.16. The highest BCUT2D eigenvalue weighted by Crippen LogP contribution is 2.06. The van der Waals surface area contributed by atoms with E-state index in [4.69, 9.17) is 0 Å². The number of carbonyl (C=O) groups is 2. The van der Waals surface area contributed by atoms with Gasteiger partial charge in [-0.15, -0.1) is 0 Å². The first kappa shape index (κ1) is 14.2. The van der Waals surface area contributed by atoms with E-state index in [1.165, 1.54) is 0 Å². The Hall–Kier alpha value is -2.18. The zero-order valence-electron chi connectivity index (χ0n) is 11.5. The van der Waals surface area contributed by atoms with Crippen molar-refractivity contribution in [2.75, 3.05) is 6.54 Å². The average Bonchev–Trinajstić information content (AvgIpc) is 2.73. The second-order valence-electron chi connectivity index (χ2n) is 5.30. The van der Waals surface area contributed by atoms with Crippen LogP contribution in [-0.4, -0.2) is 34.4 Å². The molecule has 2 rings (SSSR count). The summed E-state index contributed by atoms with van der Waals surface area (Å²) < 4.78 is 0. The number of rotatable bonds is 4. The molecule has 2 amide bonds. The highest BCUT2D eigenvalue weighted by molar-refractivity contribution is 5.96. The Bertz CT molecular complexity index is 579. The molecule has 1 saturated heterocycles. The van der Waals surface area contributed by atoms with Crippen LogP contribution in [0.1, 0.15) is 36.5 Å². The SMILES string of the molecule is CC(C)Cc1cc(C(=O)NC2CCNC2=O)nc(=O)[nH]1. The third-order valence-corrected chi connectivity index (χ3v) is 3.02. The van der Waals surface area contributed by atoms with Crippen LogP contribution in [0.2, 0.25) is 0 Å². The summed E-state index contributed by atoms with van der Waals surface area (Å²) in [5, 5.41) is 5.22. The van der Waals surface area contributed by atoms with Gasteiger partial charge in [-0.2, -0.15) is 4.98 Å². The molecule has 1 aliphatic rings. The topological polar surface area (TPSA) is 104 Å². The maximum Gasteiger partial charge on any atom is 0.345 e. The minimum atomic E-state index is -0.552. The molecule has 1 unspecified atom stereocenters. The van der Waals surface area contributed by atoms with E-state index in [2.05, 4.69) is 20.6 Å². The third-order valence-electron chi connectivity index (χ3n) is 3.02. The maximum atomic E-state index is 12.0. The highest BCUT2D eigenvalue weighted by Gasteiger charge is 2.26. The van der Waals surface area contributed by atoms with Gasteiger partial charge in [0.05, 0.1) is 0 Å².